The van der Waals surface area contributed by atoms with Crippen LogP contribution >= 0.6 is 0 Å². The molecular formula is C21H19F2N3O. The largest absolute Gasteiger partial charge is 0.325 e. The van der Waals surface area contributed by atoms with Crippen molar-refractivity contribution in [3.8, 4) is 11.1 Å². The van der Waals surface area contributed by atoms with Crippen LogP contribution in [0.15, 0.2) is 48.7 Å². The highest BCUT2D eigenvalue weighted by atomic mass is 19.1. The minimum atomic E-state index is -0.422. The SMILES string of the molecule is CC1Cc2cn[nH]c2C(C(=O)Nc2ccc(F)cc2-c2ccc(F)cc2)C1. The number of hydrogen-bond donors (Lipinski definition) is 2. The number of hydrogen-bond acceptors (Lipinski definition) is 2. The number of rotatable bonds is 3. The zero-order valence-corrected chi connectivity index (χ0v) is 14.8. The second kappa shape index (κ2) is 6.95. The van der Waals surface area contributed by atoms with E-state index < -0.39 is 5.82 Å². The molecule has 0 bridgehead atoms. The van der Waals surface area contributed by atoms with Gasteiger partial charge in [0.2, 0.25) is 5.91 Å². The number of carbonyl (C=O) groups excluding carboxylic acids is 1. The van der Waals surface area contributed by atoms with Crippen LogP contribution < -0.4 is 5.32 Å². The molecule has 27 heavy (non-hydrogen) atoms. The number of benzene rings is 2. The number of nitrogens with one attached hydrogen (secondary N) is 2. The zero-order valence-electron chi connectivity index (χ0n) is 14.8. The number of aromatic amines is 1. The molecule has 3 aromatic rings. The Labute approximate surface area is 155 Å². The summed E-state index contributed by atoms with van der Waals surface area (Å²) in [7, 11) is 0. The second-order valence-corrected chi connectivity index (χ2v) is 7.09. The molecule has 2 N–H and O–H groups in total. The van der Waals surface area contributed by atoms with Gasteiger partial charge >= 0.3 is 0 Å². The van der Waals surface area contributed by atoms with Crippen molar-refractivity contribution in [3.05, 3.63) is 71.6 Å². The molecule has 0 aliphatic heterocycles. The molecule has 2 unspecified atom stereocenters. The van der Waals surface area contributed by atoms with E-state index in [1.54, 1.807) is 18.3 Å². The molecule has 6 heteroatoms. The molecule has 0 fully saturated rings. The summed E-state index contributed by atoms with van der Waals surface area (Å²) in [6, 6.07) is 9.93. The molecule has 0 saturated heterocycles. The van der Waals surface area contributed by atoms with E-state index in [0.717, 1.165) is 17.7 Å². The van der Waals surface area contributed by atoms with Crippen molar-refractivity contribution < 1.29 is 13.6 Å². The van der Waals surface area contributed by atoms with Crippen LogP contribution in [0.4, 0.5) is 14.5 Å². The van der Waals surface area contributed by atoms with E-state index in [0.29, 0.717) is 29.2 Å². The molecular weight excluding hydrogens is 348 g/mol. The van der Waals surface area contributed by atoms with Crippen molar-refractivity contribution in [1.82, 2.24) is 10.2 Å². The van der Waals surface area contributed by atoms with Gasteiger partial charge in [0.1, 0.15) is 11.6 Å². The van der Waals surface area contributed by atoms with Crippen molar-refractivity contribution >= 4 is 11.6 Å². The average molecular weight is 367 g/mol. The van der Waals surface area contributed by atoms with Gasteiger partial charge in [-0.05, 0) is 60.2 Å². The van der Waals surface area contributed by atoms with E-state index in [9.17, 15) is 13.6 Å². The standard InChI is InChI=1S/C21H19F2N3O/c1-12-8-14-11-24-26-20(14)18(9-12)21(27)25-19-7-6-16(23)10-17(19)13-2-4-15(22)5-3-13/h2-7,10-12,18H,8-9H2,1H3,(H,24,26)(H,25,27). The Hall–Kier alpha value is -3.02. The highest BCUT2D eigenvalue weighted by molar-refractivity contribution is 5.99. The smallest absolute Gasteiger partial charge is 0.233 e. The first-order valence-electron chi connectivity index (χ1n) is 8.89. The number of amides is 1. The molecule has 1 aliphatic rings. The van der Waals surface area contributed by atoms with Gasteiger partial charge in [-0.3, -0.25) is 9.89 Å². The predicted octanol–water partition coefficient (Wildman–Crippen LogP) is 4.66. The molecule has 2 aromatic carbocycles. The normalized spacial score (nSPS) is 18.8. The van der Waals surface area contributed by atoms with Gasteiger partial charge in [0.25, 0.3) is 0 Å². The fourth-order valence-electron chi connectivity index (χ4n) is 3.72. The highest BCUT2D eigenvalue weighted by Crippen LogP contribution is 2.35. The molecule has 4 rings (SSSR count). The maximum Gasteiger partial charge on any atom is 0.233 e. The van der Waals surface area contributed by atoms with Crippen LogP contribution in [-0.2, 0) is 11.2 Å². The summed E-state index contributed by atoms with van der Waals surface area (Å²) in [4.78, 5) is 13.0. The quantitative estimate of drug-likeness (QED) is 0.707. The third-order valence-electron chi connectivity index (χ3n) is 5.02. The summed E-state index contributed by atoms with van der Waals surface area (Å²) >= 11 is 0. The van der Waals surface area contributed by atoms with Crippen LogP contribution in [-0.4, -0.2) is 16.1 Å². The van der Waals surface area contributed by atoms with Gasteiger partial charge in [0.15, 0.2) is 0 Å². The van der Waals surface area contributed by atoms with Crippen molar-refractivity contribution in [1.29, 1.82) is 0 Å². The minimum Gasteiger partial charge on any atom is -0.325 e. The maximum atomic E-state index is 13.8. The Morgan fingerprint density at radius 2 is 1.89 bits per heavy atom. The van der Waals surface area contributed by atoms with E-state index in [-0.39, 0.29) is 17.6 Å². The third-order valence-corrected chi connectivity index (χ3v) is 5.02. The third kappa shape index (κ3) is 3.47. The fourth-order valence-corrected chi connectivity index (χ4v) is 3.72. The first kappa shape index (κ1) is 17.4. The number of H-pyrrole nitrogens is 1. The average Bonchev–Trinajstić information content (AvgIpc) is 3.11. The van der Waals surface area contributed by atoms with Gasteiger partial charge in [-0.25, -0.2) is 8.78 Å². The number of halogens is 2. The highest BCUT2D eigenvalue weighted by Gasteiger charge is 2.32. The van der Waals surface area contributed by atoms with Crippen LogP contribution in [0.3, 0.4) is 0 Å². The molecule has 0 saturated carbocycles. The van der Waals surface area contributed by atoms with Crippen LogP contribution in [0.5, 0.6) is 0 Å². The van der Waals surface area contributed by atoms with E-state index in [2.05, 4.69) is 22.4 Å². The predicted molar refractivity (Wildman–Crippen MR) is 99.2 cm³/mol. The Morgan fingerprint density at radius 3 is 2.67 bits per heavy atom. The molecule has 1 aromatic heterocycles. The first-order valence-corrected chi connectivity index (χ1v) is 8.89. The van der Waals surface area contributed by atoms with E-state index >= 15 is 0 Å². The molecule has 1 amide bonds. The molecule has 0 spiro atoms. The lowest BCUT2D eigenvalue weighted by atomic mass is 9.81. The summed E-state index contributed by atoms with van der Waals surface area (Å²) in [5.41, 5.74) is 3.54. The molecule has 2 atom stereocenters. The van der Waals surface area contributed by atoms with E-state index in [4.69, 9.17) is 0 Å². The first-order chi connectivity index (χ1) is 13.0. The topological polar surface area (TPSA) is 57.8 Å². The van der Waals surface area contributed by atoms with Gasteiger partial charge in [-0.1, -0.05) is 19.1 Å². The van der Waals surface area contributed by atoms with Crippen LogP contribution in [0, 0.1) is 17.6 Å². The Bertz CT molecular complexity index is 981. The maximum absolute atomic E-state index is 13.8. The van der Waals surface area contributed by atoms with Crippen molar-refractivity contribution in [2.75, 3.05) is 5.32 Å². The summed E-state index contributed by atoms with van der Waals surface area (Å²) < 4.78 is 27.0. The summed E-state index contributed by atoms with van der Waals surface area (Å²) in [6.45, 7) is 2.11. The lowest BCUT2D eigenvalue weighted by Crippen LogP contribution is -2.27. The second-order valence-electron chi connectivity index (χ2n) is 7.09. The molecule has 1 aliphatic carbocycles. The molecule has 1 heterocycles. The van der Waals surface area contributed by atoms with E-state index in [1.807, 2.05) is 0 Å². The van der Waals surface area contributed by atoms with Gasteiger partial charge in [-0.15, -0.1) is 0 Å². The number of anilines is 1. The molecule has 0 radical (unpaired) electrons. The number of nitrogens with zero attached hydrogens (tertiary/aromatic N) is 1. The number of aromatic nitrogens is 2. The zero-order chi connectivity index (χ0) is 19.0. The summed E-state index contributed by atoms with van der Waals surface area (Å²) in [5, 5.41) is 9.94. The molecule has 4 nitrogen and oxygen atoms in total. The van der Waals surface area contributed by atoms with Crippen LogP contribution in [0.25, 0.3) is 11.1 Å². The number of carbonyl (C=O) groups is 1. The Morgan fingerprint density at radius 1 is 1.15 bits per heavy atom. The van der Waals surface area contributed by atoms with Crippen molar-refractivity contribution in [3.63, 3.8) is 0 Å². The Kier molecular flexibility index (Phi) is 4.48. The summed E-state index contributed by atoms with van der Waals surface area (Å²) in [5.74, 6) is -0.923. The van der Waals surface area contributed by atoms with Gasteiger partial charge < -0.3 is 5.32 Å². The van der Waals surface area contributed by atoms with Crippen LogP contribution in [0.1, 0.15) is 30.5 Å². The monoisotopic (exact) mass is 367 g/mol. The van der Waals surface area contributed by atoms with Crippen molar-refractivity contribution in [2.45, 2.75) is 25.7 Å². The number of fused-ring (bicyclic) bond motifs is 1. The minimum absolute atomic E-state index is 0.165. The van der Waals surface area contributed by atoms with Gasteiger partial charge in [0, 0.05) is 11.3 Å². The van der Waals surface area contributed by atoms with E-state index in [1.165, 1.54) is 30.3 Å². The van der Waals surface area contributed by atoms with Gasteiger partial charge in [-0.2, -0.15) is 5.10 Å². The van der Waals surface area contributed by atoms with Crippen molar-refractivity contribution in [2.24, 2.45) is 5.92 Å². The van der Waals surface area contributed by atoms with Gasteiger partial charge in [0.05, 0.1) is 17.8 Å². The van der Waals surface area contributed by atoms with Crippen LogP contribution in [0.2, 0.25) is 0 Å². The lowest BCUT2D eigenvalue weighted by molar-refractivity contribution is -0.118. The lowest BCUT2D eigenvalue weighted by Gasteiger charge is -2.26. The fraction of sp³-hybridized carbons (Fsp3) is 0.238. The Balaban J connectivity index is 1.65. The summed E-state index contributed by atoms with van der Waals surface area (Å²) in [6.07, 6.45) is 3.38. The molecule has 138 valence electrons.